The van der Waals surface area contributed by atoms with Crippen molar-refractivity contribution in [3.8, 4) is 0 Å². The van der Waals surface area contributed by atoms with Crippen molar-refractivity contribution in [1.82, 2.24) is 14.3 Å². The van der Waals surface area contributed by atoms with Crippen molar-refractivity contribution in [2.45, 2.75) is 13.8 Å². The number of aryl methyl sites for hydroxylation is 2. The van der Waals surface area contributed by atoms with Crippen LogP contribution in [0.3, 0.4) is 0 Å². The third-order valence-electron chi connectivity index (χ3n) is 4.83. The number of amides is 1. The summed E-state index contributed by atoms with van der Waals surface area (Å²) >= 11 is 0. The zero-order chi connectivity index (χ0) is 19.0. The molecule has 1 saturated heterocycles. The molecule has 2 aromatic heterocycles. The highest BCUT2D eigenvalue weighted by molar-refractivity contribution is 5.94. The zero-order valence-corrected chi connectivity index (χ0v) is 15.3. The zero-order valence-electron chi connectivity index (χ0n) is 15.3. The fourth-order valence-electron chi connectivity index (χ4n) is 3.28. The molecule has 3 heterocycles. The highest BCUT2D eigenvalue weighted by Gasteiger charge is 2.22. The molecule has 1 N–H and O–H groups in total. The number of halogens is 1. The van der Waals surface area contributed by atoms with E-state index in [1.54, 1.807) is 30.2 Å². The molecule has 0 atom stereocenters. The molecule has 0 saturated carbocycles. The van der Waals surface area contributed by atoms with E-state index >= 15 is 0 Å². The number of benzene rings is 1. The van der Waals surface area contributed by atoms with Crippen LogP contribution in [-0.4, -0.2) is 46.5 Å². The van der Waals surface area contributed by atoms with E-state index in [-0.39, 0.29) is 11.7 Å². The smallest absolute Gasteiger partial charge is 0.272 e. The van der Waals surface area contributed by atoms with Gasteiger partial charge in [0.25, 0.3) is 5.91 Å². The van der Waals surface area contributed by atoms with Crippen LogP contribution in [-0.2, 0) is 4.74 Å². The Morgan fingerprint density at radius 2 is 1.96 bits per heavy atom. The van der Waals surface area contributed by atoms with E-state index in [0.29, 0.717) is 49.1 Å². The monoisotopic (exact) mass is 368 g/mol. The Bertz CT molecular complexity index is 1010. The van der Waals surface area contributed by atoms with Gasteiger partial charge in [-0.1, -0.05) is 6.07 Å². The molecule has 27 heavy (non-hydrogen) atoms. The molecule has 1 amide bonds. The topological polar surface area (TPSA) is 58.9 Å². The lowest BCUT2D eigenvalue weighted by Gasteiger charge is -2.27. The van der Waals surface area contributed by atoms with Gasteiger partial charge in [-0.05, 0) is 43.7 Å². The van der Waals surface area contributed by atoms with Gasteiger partial charge in [-0.2, -0.15) is 0 Å². The Morgan fingerprint density at radius 1 is 1.19 bits per heavy atom. The third kappa shape index (κ3) is 3.26. The number of morpholine rings is 1. The average molecular weight is 368 g/mol. The number of carbonyl (C=O) groups is 1. The van der Waals surface area contributed by atoms with Crippen molar-refractivity contribution >= 4 is 22.9 Å². The van der Waals surface area contributed by atoms with Crippen molar-refractivity contribution in [2.75, 3.05) is 31.6 Å². The number of ether oxygens (including phenoxy) is 1. The molecule has 0 radical (unpaired) electrons. The van der Waals surface area contributed by atoms with Crippen molar-refractivity contribution in [3.63, 3.8) is 0 Å². The van der Waals surface area contributed by atoms with Crippen LogP contribution in [0.4, 0.5) is 15.9 Å². The van der Waals surface area contributed by atoms with Gasteiger partial charge >= 0.3 is 0 Å². The first-order valence-corrected chi connectivity index (χ1v) is 8.92. The van der Waals surface area contributed by atoms with Gasteiger partial charge in [0, 0.05) is 24.5 Å². The molecule has 0 spiro atoms. The summed E-state index contributed by atoms with van der Waals surface area (Å²) in [5.41, 5.74) is 3.41. The molecule has 1 aromatic carbocycles. The van der Waals surface area contributed by atoms with Gasteiger partial charge < -0.3 is 19.4 Å². The maximum atomic E-state index is 13.8. The fraction of sp³-hybridized carbons (Fsp3) is 0.300. The number of fused-ring (bicyclic) bond motifs is 1. The predicted molar refractivity (Wildman–Crippen MR) is 101 cm³/mol. The van der Waals surface area contributed by atoms with Gasteiger partial charge in [0.1, 0.15) is 11.5 Å². The molecule has 1 fully saturated rings. The standard InChI is InChI=1S/C20H21FN4O2/c1-13-3-5-15(11-16(13)21)23-19-17-6-4-14(2)25(17)18(12-22-19)20(26)24-7-9-27-10-8-24/h3-6,11-12H,7-10H2,1-2H3,(H,22,23). The molecule has 140 valence electrons. The SMILES string of the molecule is Cc1ccc(Nc2ncc(C(=O)N3CCOCC3)n3c(C)ccc23)cc1F. The molecule has 3 aromatic rings. The van der Waals surface area contributed by atoms with E-state index in [4.69, 9.17) is 4.74 Å². The normalized spacial score (nSPS) is 14.6. The maximum Gasteiger partial charge on any atom is 0.272 e. The second kappa shape index (κ2) is 7.00. The number of nitrogens with zero attached hydrogens (tertiary/aromatic N) is 3. The van der Waals surface area contributed by atoms with Crippen molar-refractivity contribution < 1.29 is 13.9 Å². The molecule has 1 aliphatic rings. The van der Waals surface area contributed by atoms with Gasteiger partial charge in [0.15, 0.2) is 5.82 Å². The summed E-state index contributed by atoms with van der Waals surface area (Å²) in [6.07, 6.45) is 1.57. The number of nitrogens with one attached hydrogen (secondary N) is 1. The van der Waals surface area contributed by atoms with E-state index < -0.39 is 0 Å². The Morgan fingerprint density at radius 3 is 2.70 bits per heavy atom. The molecule has 0 unspecified atom stereocenters. The minimum atomic E-state index is -0.276. The van der Waals surface area contributed by atoms with Crippen LogP contribution >= 0.6 is 0 Å². The lowest BCUT2D eigenvalue weighted by molar-refractivity contribution is 0.0297. The first-order valence-electron chi connectivity index (χ1n) is 8.92. The minimum absolute atomic E-state index is 0.0666. The lowest BCUT2D eigenvalue weighted by Crippen LogP contribution is -2.41. The Labute approximate surface area is 156 Å². The lowest BCUT2D eigenvalue weighted by atomic mass is 10.2. The third-order valence-corrected chi connectivity index (χ3v) is 4.83. The maximum absolute atomic E-state index is 13.8. The van der Waals surface area contributed by atoms with Crippen molar-refractivity contribution in [2.24, 2.45) is 0 Å². The molecule has 0 aliphatic carbocycles. The van der Waals surface area contributed by atoms with Gasteiger partial charge in [-0.15, -0.1) is 0 Å². The molecule has 6 nitrogen and oxygen atoms in total. The number of aromatic nitrogens is 2. The molecular weight excluding hydrogens is 347 g/mol. The number of anilines is 2. The van der Waals surface area contributed by atoms with Crippen LogP contribution in [0.5, 0.6) is 0 Å². The van der Waals surface area contributed by atoms with Crippen molar-refractivity contribution in [3.05, 3.63) is 59.3 Å². The molecule has 7 heteroatoms. The minimum Gasteiger partial charge on any atom is -0.378 e. The number of carbonyl (C=O) groups excluding carboxylic acids is 1. The molecule has 1 aliphatic heterocycles. The Hall–Kier alpha value is -2.93. The molecule has 0 bridgehead atoms. The van der Waals surface area contributed by atoms with E-state index in [0.717, 1.165) is 11.2 Å². The van der Waals surface area contributed by atoms with Crippen molar-refractivity contribution in [1.29, 1.82) is 0 Å². The quantitative estimate of drug-likeness (QED) is 0.771. The van der Waals surface area contributed by atoms with Gasteiger partial charge in [-0.25, -0.2) is 9.37 Å². The highest BCUT2D eigenvalue weighted by atomic mass is 19.1. The van der Waals surface area contributed by atoms with Crippen LogP contribution in [0.25, 0.3) is 5.52 Å². The van der Waals surface area contributed by atoms with Crippen LogP contribution in [0.2, 0.25) is 0 Å². The molecule has 4 rings (SSSR count). The highest BCUT2D eigenvalue weighted by Crippen LogP contribution is 2.25. The number of hydrogen-bond acceptors (Lipinski definition) is 4. The first kappa shape index (κ1) is 17.5. The average Bonchev–Trinajstić information content (AvgIpc) is 3.08. The summed E-state index contributed by atoms with van der Waals surface area (Å²) in [7, 11) is 0. The van der Waals surface area contributed by atoms with Crippen LogP contribution in [0.1, 0.15) is 21.7 Å². The fourth-order valence-corrected chi connectivity index (χ4v) is 3.28. The van der Waals surface area contributed by atoms with Crippen LogP contribution < -0.4 is 5.32 Å². The van der Waals surface area contributed by atoms with E-state index in [1.165, 1.54) is 6.07 Å². The summed E-state index contributed by atoms with van der Waals surface area (Å²) in [6.45, 7) is 5.90. The van der Waals surface area contributed by atoms with Gasteiger partial charge in [-0.3, -0.25) is 4.79 Å². The van der Waals surface area contributed by atoms with Gasteiger partial charge in [0.2, 0.25) is 0 Å². The summed E-state index contributed by atoms with van der Waals surface area (Å²) in [4.78, 5) is 19.2. The van der Waals surface area contributed by atoms with Crippen LogP contribution in [0, 0.1) is 19.7 Å². The molecular formula is C20H21FN4O2. The van der Waals surface area contributed by atoms with E-state index in [9.17, 15) is 9.18 Å². The number of rotatable bonds is 3. The summed E-state index contributed by atoms with van der Waals surface area (Å²) in [5.74, 6) is 0.231. The first-order chi connectivity index (χ1) is 13.0. The Balaban J connectivity index is 1.72. The Kier molecular flexibility index (Phi) is 4.53. The predicted octanol–water partition coefficient (Wildman–Crippen LogP) is 3.31. The number of hydrogen-bond donors (Lipinski definition) is 1. The second-order valence-electron chi connectivity index (χ2n) is 6.68. The van der Waals surface area contributed by atoms with Gasteiger partial charge in [0.05, 0.1) is 24.9 Å². The van der Waals surface area contributed by atoms with E-state index in [1.807, 2.05) is 23.5 Å². The van der Waals surface area contributed by atoms with Crippen LogP contribution in [0.15, 0.2) is 36.5 Å². The summed E-state index contributed by atoms with van der Waals surface area (Å²) in [5, 5.41) is 3.16. The second-order valence-corrected chi connectivity index (χ2v) is 6.68. The summed E-state index contributed by atoms with van der Waals surface area (Å²) in [6, 6.07) is 8.81. The largest absolute Gasteiger partial charge is 0.378 e. The van der Waals surface area contributed by atoms with E-state index in [2.05, 4.69) is 10.3 Å². The summed E-state index contributed by atoms with van der Waals surface area (Å²) < 4.78 is 21.1.